The van der Waals surface area contributed by atoms with Crippen LogP contribution in [-0.2, 0) is 15.1 Å². The number of likely N-dealkylation sites (tertiary alicyclic amines) is 1. The number of carbonyl (C=O) groups excluding carboxylic acids is 1. The largest absolute Gasteiger partial charge is 0.465 e. The lowest BCUT2D eigenvalue weighted by Gasteiger charge is -2.42. The van der Waals surface area contributed by atoms with E-state index in [4.69, 9.17) is 26.3 Å². The van der Waals surface area contributed by atoms with Crippen molar-refractivity contribution < 1.29 is 9.53 Å². The summed E-state index contributed by atoms with van der Waals surface area (Å²) >= 11 is 6.38. The molecule has 0 radical (unpaired) electrons. The molecule has 3 atom stereocenters. The molecule has 0 N–H and O–H groups in total. The first-order valence-electron chi connectivity index (χ1n) is 11.9. The average Bonchev–Trinajstić information content (AvgIpc) is 3.34. The minimum absolute atomic E-state index is 0.155. The topological polar surface area (TPSA) is 79.1 Å². The van der Waals surface area contributed by atoms with Crippen LogP contribution in [0.1, 0.15) is 29.7 Å². The molecular weight excluding hydrogens is 472 g/mol. The van der Waals surface area contributed by atoms with Gasteiger partial charge in [-0.25, -0.2) is 9.97 Å². The molecule has 0 amide bonds. The van der Waals surface area contributed by atoms with E-state index in [2.05, 4.69) is 11.0 Å². The van der Waals surface area contributed by atoms with Gasteiger partial charge in [-0.1, -0.05) is 60.1 Å². The number of esters is 1. The number of likely N-dealkylation sites (N-methyl/N-ethyl adjacent to an activating group) is 1. The van der Waals surface area contributed by atoms with Crippen LogP contribution in [0.15, 0.2) is 72.8 Å². The smallest absolute Gasteiger partial charge is 0.329 e. The summed E-state index contributed by atoms with van der Waals surface area (Å²) in [5.41, 5.74) is 2.42. The zero-order valence-electron chi connectivity index (χ0n) is 19.9. The summed E-state index contributed by atoms with van der Waals surface area (Å²) in [5, 5.41) is 11.6. The summed E-state index contributed by atoms with van der Waals surface area (Å²) in [7, 11) is 1.94. The second kappa shape index (κ2) is 8.12. The number of nitrogens with zero attached hydrogens (tertiary/aromatic N) is 4. The highest BCUT2D eigenvalue weighted by atomic mass is 35.5. The number of rotatable bonds is 3. The van der Waals surface area contributed by atoms with Gasteiger partial charge < -0.3 is 4.74 Å². The third kappa shape index (κ3) is 2.73. The summed E-state index contributed by atoms with van der Waals surface area (Å²) in [4.78, 5) is 26.3. The van der Waals surface area contributed by atoms with Crippen LogP contribution in [0.2, 0.25) is 5.02 Å². The van der Waals surface area contributed by atoms with Crippen molar-refractivity contribution in [2.75, 3.05) is 20.2 Å². The van der Waals surface area contributed by atoms with Crippen molar-refractivity contribution in [3.8, 4) is 17.3 Å². The van der Waals surface area contributed by atoms with Crippen molar-refractivity contribution >= 4 is 28.6 Å². The predicted molar refractivity (Wildman–Crippen MR) is 137 cm³/mol. The number of aromatic nitrogens is 2. The van der Waals surface area contributed by atoms with Gasteiger partial charge in [0.25, 0.3) is 0 Å². The zero-order valence-corrected chi connectivity index (χ0v) is 20.7. The van der Waals surface area contributed by atoms with Crippen LogP contribution in [0, 0.1) is 16.7 Å². The molecule has 7 heteroatoms. The third-order valence-corrected chi connectivity index (χ3v) is 7.87. The first kappa shape index (κ1) is 22.7. The molecule has 1 aliphatic heterocycles. The van der Waals surface area contributed by atoms with E-state index < -0.39 is 22.8 Å². The van der Waals surface area contributed by atoms with Gasteiger partial charge in [0.05, 0.1) is 35.1 Å². The highest BCUT2D eigenvalue weighted by Gasteiger charge is 2.74. The van der Waals surface area contributed by atoms with Gasteiger partial charge in [0.15, 0.2) is 5.41 Å². The molecule has 3 aromatic carbocycles. The number of fused-ring (bicyclic) bond motifs is 6. The van der Waals surface area contributed by atoms with Gasteiger partial charge in [0.1, 0.15) is 5.54 Å². The Kier molecular flexibility index (Phi) is 5.11. The highest BCUT2D eigenvalue weighted by molar-refractivity contribution is 6.30. The molecule has 36 heavy (non-hydrogen) atoms. The van der Waals surface area contributed by atoms with Crippen molar-refractivity contribution in [1.82, 2.24) is 14.9 Å². The maximum Gasteiger partial charge on any atom is 0.329 e. The number of nitriles is 1. The Morgan fingerprint density at radius 3 is 2.56 bits per heavy atom. The lowest BCUT2D eigenvalue weighted by molar-refractivity contribution is -0.156. The summed E-state index contributed by atoms with van der Waals surface area (Å²) in [6.45, 7) is 2.34. The van der Waals surface area contributed by atoms with Crippen LogP contribution in [0.5, 0.6) is 0 Å². The Morgan fingerprint density at radius 1 is 1.11 bits per heavy atom. The number of carbonyl (C=O) groups is 1. The molecule has 1 aromatic heterocycles. The third-order valence-electron chi connectivity index (χ3n) is 7.63. The second-order valence-corrected chi connectivity index (χ2v) is 9.73. The predicted octanol–water partition coefficient (Wildman–Crippen LogP) is 5.31. The zero-order chi connectivity index (χ0) is 25.1. The molecular formula is C29H23ClN4O2. The Morgan fingerprint density at radius 2 is 1.83 bits per heavy atom. The van der Waals surface area contributed by atoms with Crippen molar-refractivity contribution in [2.24, 2.45) is 5.41 Å². The van der Waals surface area contributed by atoms with Crippen LogP contribution in [0.4, 0.5) is 0 Å². The van der Waals surface area contributed by atoms with Crippen molar-refractivity contribution in [2.45, 2.75) is 18.4 Å². The standard InChI is InChI=1S/C29H23ClN4O2/c1-3-36-27(35)28(17-31)22(18-9-8-10-19(30)15-18)16-34(2)29(28)21-12-5-4-11-20(21)25-26(29)33-24-14-7-6-13-23(24)32-25/h4-15,22H,3,16H2,1-2H3/t22-,28+,29-/m1/s1. The first-order valence-corrected chi connectivity index (χ1v) is 12.3. The SMILES string of the molecule is CCOC(=O)[C@]1(C#N)[C@@H](c2cccc(Cl)c2)CN(C)[C@@]12c1ccccc1-c1nc3ccccc3nc12. The summed E-state index contributed by atoms with van der Waals surface area (Å²) in [6.07, 6.45) is 0. The molecule has 178 valence electrons. The molecule has 6 rings (SSSR count). The Labute approximate surface area is 214 Å². The monoisotopic (exact) mass is 494 g/mol. The number of benzene rings is 3. The normalized spacial score (nSPS) is 24.4. The molecule has 1 aliphatic carbocycles. The molecule has 1 spiro atoms. The van der Waals surface area contributed by atoms with Crippen molar-refractivity contribution in [3.63, 3.8) is 0 Å². The first-order chi connectivity index (χ1) is 17.5. The molecule has 2 aliphatic rings. The van der Waals surface area contributed by atoms with E-state index in [1.165, 1.54) is 0 Å². The Hall–Kier alpha value is -3.79. The van der Waals surface area contributed by atoms with E-state index in [9.17, 15) is 10.1 Å². The molecule has 0 saturated carbocycles. The summed E-state index contributed by atoms with van der Waals surface area (Å²) in [6, 6.07) is 25.4. The van der Waals surface area contributed by atoms with Gasteiger partial charge in [-0.05, 0) is 49.4 Å². The molecule has 2 heterocycles. The van der Waals surface area contributed by atoms with Gasteiger partial charge in [-0.3, -0.25) is 9.69 Å². The van der Waals surface area contributed by atoms with Crippen molar-refractivity contribution in [3.05, 3.63) is 94.6 Å². The number of halogens is 1. The van der Waals surface area contributed by atoms with E-state index >= 15 is 0 Å². The van der Waals surface area contributed by atoms with Crippen molar-refractivity contribution in [1.29, 1.82) is 5.26 Å². The number of ether oxygens (including phenoxy) is 1. The Bertz CT molecular complexity index is 1580. The molecule has 4 aromatic rings. The fourth-order valence-corrected chi connectivity index (χ4v) is 6.48. The molecule has 1 fully saturated rings. The van der Waals surface area contributed by atoms with Crippen LogP contribution in [0.25, 0.3) is 22.3 Å². The van der Waals surface area contributed by atoms with Crippen LogP contribution in [-0.4, -0.2) is 41.0 Å². The van der Waals surface area contributed by atoms with Gasteiger partial charge in [0.2, 0.25) is 0 Å². The molecule has 0 bridgehead atoms. The van der Waals surface area contributed by atoms with E-state index in [1.54, 1.807) is 13.0 Å². The fraction of sp³-hybridized carbons (Fsp3) is 0.241. The highest BCUT2D eigenvalue weighted by Crippen LogP contribution is 2.66. The van der Waals surface area contributed by atoms with Gasteiger partial charge in [-0.15, -0.1) is 0 Å². The lowest BCUT2D eigenvalue weighted by atomic mass is 9.61. The minimum atomic E-state index is -1.64. The average molecular weight is 495 g/mol. The van der Waals surface area contributed by atoms with E-state index in [0.29, 0.717) is 28.5 Å². The van der Waals surface area contributed by atoms with Gasteiger partial charge >= 0.3 is 5.97 Å². The van der Waals surface area contributed by atoms with Crippen LogP contribution >= 0.6 is 11.6 Å². The van der Waals surface area contributed by atoms with E-state index in [-0.39, 0.29) is 6.61 Å². The number of hydrogen-bond donors (Lipinski definition) is 0. The van der Waals surface area contributed by atoms with E-state index in [1.807, 2.05) is 73.8 Å². The second-order valence-electron chi connectivity index (χ2n) is 9.29. The van der Waals surface area contributed by atoms with Crippen LogP contribution in [0.3, 0.4) is 0 Å². The lowest BCUT2D eigenvalue weighted by Crippen LogP contribution is -2.55. The minimum Gasteiger partial charge on any atom is -0.465 e. The van der Waals surface area contributed by atoms with Crippen LogP contribution < -0.4 is 0 Å². The van der Waals surface area contributed by atoms with E-state index in [0.717, 1.165) is 22.2 Å². The Balaban J connectivity index is 1.76. The summed E-state index contributed by atoms with van der Waals surface area (Å²) < 4.78 is 5.69. The molecule has 0 unspecified atom stereocenters. The quantitative estimate of drug-likeness (QED) is 0.359. The number of hydrogen-bond acceptors (Lipinski definition) is 6. The van der Waals surface area contributed by atoms with Gasteiger partial charge in [-0.2, -0.15) is 5.26 Å². The molecule has 1 saturated heterocycles. The molecule has 6 nitrogen and oxygen atoms in total. The summed E-state index contributed by atoms with van der Waals surface area (Å²) in [5.74, 6) is -1.09. The fourth-order valence-electron chi connectivity index (χ4n) is 6.28. The maximum absolute atomic E-state index is 14.1. The van der Waals surface area contributed by atoms with Gasteiger partial charge in [0, 0.05) is 23.0 Å². The number of para-hydroxylation sites is 2. The maximum atomic E-state index is 14.1.